The summed E-state index contributed by atoms with van der Waals surface area (Å²) in [4.78, 5) is 0. The molecule has 0 bridgehead atoms. The van der Waals surface area contributed by atoms with E-state index in [0.29, 0.717) is 11.8 Å². The fourth-order valence-electron chi connectivity index (χ4n) is 1.93. The Kier molecular flexibility index (Phi) is 4.47. The molecule has 0 radical (unpaired) electrons. The van der Waals surface area contributed by atoms with Crippen LogP contribution in [0.5, 0.6) is 0 Å². The third-order valence-electron chi connectivity index (χ3n) is 2.91. The molecule has 2 heteroatoms. The first kappa shape index (κ1) is 12.5. The van der Waals surface area contributed by atoms with Gasteiger partial charge in [0.05, 0.1) is 0 Å². The van der Waals surface area contributed by atoms with Gasteiger partial charge in [-0.1, -0.05) is 48.5 Å². The van der Waals surface area contributed by atoms with Crippen molar-refractivity contribution in [3.8, 4) is 0 Å². The quantitative estimate of drug-likeness (QED) is 0.699. The Morgan fingerprint density at radius 2 is 0.941 bits per heavy atom. The molecule has 0 atom stereocenters. The summed E-state index contributed by atoms with van der Waals surface area (Å²) in [5.74, 6) is 1.11. The highest BCUT2D eigenvalue weighted by molar-refractivity contribution is 6.17. The molecular weight excluding hydrogens is 251 g/mol. The van der Waals surface area contributed by atoms with Crippen LogP contribution in [-0.2, 0) is 18.2 Å². The standard InChI is InChI=1S/C15H14Cl2/c16-10-14-7-3-1-5-12(14)9-13-6-2-4-8-15(13)11-17/h1-8H,9-11H2. The van der Waals surface area contributed by atoms with Gasteiger partial charge in [0.1, 0.15) is 0 Å². The molecular formula is C15H14Cl2. The van der Waals surface area contributed by atoms with E-state index >= 15 is 0 Å². The third kappa shape index (κ3) is 3.02. The SMILES string of the molecule is ClCc1ccccc1Cc1ccccc1CCl. The summed E-state index contributed by atoms with van der Waals surface area (Å²) in [6.45, 7) is 0. The third-order valence-corrected chi connectivity index (χ3v) is 3.48. The molecule has 0 aliphatic rings. The van der Waals surface area contributed by atoms with Crippen LogP contribution in [0.3, 0.4) is 0 Å². The van der Waals surface area contributed by atoms with Crippen molar-refractivity contribution in [2.75, 3.05) is 0 Å². The summed E-state index contributed by atoms with van der Waals surface area (Å²) in [6, 6.07) is 16.6. The molecule has 0 fully saturated rings. The molecule has 88 valence electrons. The van der Waals surface area contributed by atoms with E-state index in [9.17, 15) is 0 Å². The number of rotatable bonds is 4. The Morgan fingerprint density at radius 3 is 1.29 bits per heavy atom. The van der Waals surface area contributed by atoms with Gasteiger partial charge < -0.3 is 0 Å². The minimum atomic E-state index is 0.555. The minimum Gasteiger partial charge on any atom is -0.122 e. The first-order valence-corrected chi connectivity index (χ1v) is 6.67. The molecule has 0 spiro atoms. The Morgan fingerprint density at radius 1 is 0.588 bits per heavy atom. The summed E-state index contributed by atoms with van der Waals surface area (Å²) < 4.78 is 0. The Balaban J connectivity index is 2.31. The first-order chi connectivity index (χ1) is 8.35. The van der Waals surface area contributed by atoms with Gasteiger partial charge in [-0.05, 0) is 28.7 Å². The predicted octanol–water partition coefficient (Wildman–Crippen LogP) is 4.76. The van der Waals surface area contributed by atoms with Crippen LogP contribution in [0, 0.1) is 0 Å². The van der Waals surface area contributed by atoms with Crippen molar-refractivity contribution in [3.05, 3.63) is 70.8 Å². The molecule has 0 saturated carbocycles. The van der Waals surface area contributed by atoms with Crippen molar-refractivity contribution in [1.82, 2.24) is 0 Å². The van der Waals surface area contributed by atoms with Crippen molar-refractivity contribution in [2.45, 2.75) is 18.2 Å². The molecule has 0 saturated heterocycles. The van der Waals surface area contributed by atoms with Gasteiger partial charge in [-0.3, -0.25) is 0 Å². The minimum absolute atomic E-state index is 0.555. The van der Waals surface area contributed by atoms with Crippen molar-refractivity contribution in [2.24, 2.45) is 0 Å². The zero-order chi connectivity index (χ0) is 12.1. The number of alkyl halides is 2. The molecule has 0 nitrogen and oxygen atoms in total. The lowest BCUT2D eigenvalue weighted by Gasteiger charge is -2.10. The van der Waals surface area contributed by atoms with Crippen molar-refractivity contribution in [1.29, 1.82) is 0 Å². The topological polar surface area (TPSA) is 0 Å². The van der Waals surface area contributed by atoms with Gasteiger partial charge in [0.2, 0.25) is 0 Å². The van der Waals surface area contributed by atoms with Crippen molar-refractivity contribution in [3.63, 3.8) is 0 Å². The lowest BCUT2D eigenvalue weighted by Crippen LogP contribution is -1.96. The summed E-state index contributed by atoms with van der Waals surface area (Å²) in [5, 5.41) is 0. The van der Waals surface area contributed by atoms with Gasteiger partial charge in [0, 0.05) is 11.8 Å². The molecule has 17 heavy (non-hydrogen) atoms. The second-order valence-corrected chi connectivity index (χ2v) is 4.52. The van der Waals surface area contributed by atoms with Crippen LogP contribution in [0.25, 0.3) is 0 Å². The number of hydrogen-bond acceptors (Lipinski definition) is 0. The predicted molar refractivity (Wildman–Crippen MR) is 74.8 cm³/mol. The van der Waals surface area contributed by atoms with Gasteiger partial charge in [-0.25, -0.2) is 0 Å². The molecule has 2 aromatic rings. The first-order valence-electron chi connectivity index (χ1n) is 5.60. The van der Waals surface area contributed by atoms with E-state index in [1.165, 1.54) is 22.3 Å². The highest BCUT2D eigenvalue weighted by Crippen LogP contribution is 2.19. The average Bonchev–Trinajstić information content (AvgIpc) is 2.40. The summed E-state index contributed by atoms with van der Waals surface area (Å²) in [5.41, 5.74) is 4.94. The summed E-state index contributed by atoms with van der Waals surface area (Å²) in [7, 11) is 0. The highest BCUT2D eigenvalue weighted by Gasteiger charge is 2.05. The second kappa shape index (κ2) is 6.09. The van der Waals surface area contributed by atoms with E-state index in [1.54, 1.807) is 0 Å². The van der Waals surface area contributed by atoms with Gasteiger partial charge in [-0.2, -0.15) is 0 Å². The number of halogens is 2. The summed E-state index contributed by atoms with van der Waals surface area (Å²) in [6.07, 6.45) is 0.895. The van der Waals surface area contributed by atoms with E-state index in [0.717, 1.165) is 6.42 Å². The molecule has 2 rings (SSSR count). The highest BCUT2D eigenvalue weighted by atomic mass is 35.5. The number of hydrogen-bond donors (Lipinski definition) is 0. The van der Waals surface area contributed by atoms with E-state index < -0.39 is 0 Å². The molecule has 0 amide bonds. The summed E-state index contributed by atoms with van der Waals surface area (Å²) >= 11 is 11.9. The molecule has 2 aromatic carbocycles. The monoisotopic (exact) mass is 264 g/mol. The van der Waals surface area contributed by atoms with Crippen LogP contribution in [0.2, 0.25) is 0 Å². The molecule has 0 aliphatic carbocycles. The van der Waals surface area contributed by atoms with Crippen LogP contribution in [0.15, 0.2) is 48.5 Å². The Hall–Kier alpha value is -0.980. The maximum absolute atomic E-state index is 5.95. The van der Waals surface area contributed by atoms with Gasteiger partial charge >= 0.3 is 0 Å². The van der Waals surface area contributed by atoms with Gasteiger partial charge in [0.15, 0.2) is 0 Å². The van der Waals surface area contributed by atoms with Gasteiger partial charge in [0.25, 0.3) is 0 Å². The van der Waals surface area contributed by atoms with Crippen LogP contribution < -0.4 is 0 Å². The van der Waals surface area contributed by atoms with Gasteiger partial charge in [-0.15, -0.1) is 23.2 Å². The van der Waals surface area contributed by atoms with Crippen LogP contribution in [0.4, 0.5) is 0 Å². The average molecular weight is 265 g/mol. The largest absolute Gasteiger partial charge is 0.122 e. The maximum atomic E-state index is 5.95. The van der Waals surface area contributed by atoms with Crippen LogP contribution >= 0.6 is 23.2 Å². The molecule has 0 aliphatic heterocycles. The normalized spacial score (nSPS) is 10.5. The Labute approximate surface area is 112 Å². The van der Waals surface area contributed by atoms with Crippen molar-refractivity contribution >= 4 is 23.2 Å². The van der Waals surface area contributed by atoms with Crippen molar-refractivity contribution < 1.29 is 0 Å². The van der Waals surface area contributed by atoms with E-state index in [2.05, 4.69) is 36.4 Å². The van der Waals surface area contributed by atoms with Crippen LogP contribution in [0.1, 0.15) is 22.3 Å². The van der Waals surface area contributed by atoms with Crippen LogP contribution in [-0.4, -0.2) is 0 Å². The molecule has 0 heterocycles. The lowest BCUT2D eigenvalue weighted by atomic mass is 9.97. The molecule has 0 unspecified atom stereocenters. The molecule has 0 N–H and O–H groups in total. The molecule has 0 aromatic heterocycles. The zero-order valence-electron chi connectivity index (χ0n) is 9.50. The fraction of sp³-hybridized carbons (Fsp3) is 0.200. The van der Waals surface area contributed by atoms with E-state index in [1.807, 2.05) is 12.1 Å². The fourth-order valence-corrected chi connectivity index (χ4v) is 2.45. The Bertz CT molecular complexity index is 446. The lowest BCUT2D eigenvalue weighted by molar-refractivity contribution is 1.11. The zero-order valence-corrected chi connectivity index (χ0v) is 11.0. The van der Waals surface area contributed by atoms with E-state index in [4.69, 9.17) is 23.2 Å². The number of benzene rings is 2. The second-order valence-electron chi connectivity index (χ2n) is 3.98. The maximum Gasteiger partial charge on any atom is 0.0476 e. The smallest absolute Gasteiger partial charge is 0.0476 e. The van der Waals surface area contributed by atoms with E-state index in [-0.39, 0.29) is 0 Å².